The Balaban J connectivity index is 1.68. The molecule has 0 atom stereocenters. The third-order valence-corrected chi connectivity index (χ3v) is 4.05. The summed E-state index contributed by atoms with van der Waals surface area (Å²) in [5.41, 5.74) is 4.29. The zero-order chi connectivity index (χ0) is 16.4. The van der Waals surface area contributed by atoms with Crippen LogP contribution < -0.4 is 4.90 Å². The van der Waals surface area contributed by atoms with Gasteiger partial charge in [-0.1, -0.05) is 35.0 Å². The van der Waals surface area contributed by atoms with Gasteiger partial charge in [0, 0.05) is 5.69 Å². The predicted molar refractivity (Wildman–Crippen MR) is 93.6 cm³/mol. The first-order valence-corrected chi connectivity index (χ1v) is 7.92. The summed E-state index contributed by atoms with van der Waals surface area (Å²) in [5, 5.41) is 8.54. The Morgan fingerprint density at radius 3 is 2.62 bits per heavy atom. The van der Waals surface area contributed by atoms with E-state index in [2.05, 4.69) is 46.4 Å². The molecule has 5 heteroatoms. The fourth-order valence-corrected chi connectivity index (χ4v) is 2.75. The molecule has 5 nitrogen and oxygen atoms in total. The van der Waals surface area contributed by atoms with Gasteiger partial charge >= 0.3 is 0 Å². The van der Waals surface area contributed by atoms with Crippen molar-refractivity contribution in [1.82, 2.24) is 15.0 Å². The van der Waals surface area contributed by atoms with Gasteiger partial charge in [-0.05, 0) is 43.3 Å². The van der Waals surface area contributed by atoms with E-state index >= 15 is 0 Å². The molecule has 0 radical (unpaired) electrons. The van der Waals surface area contributed by atoms with E-state index in [4.69, 9.17) is 4.42 Å². The van der Waals surface area contributed by atoms with Gasteiger partial charge in [0.15, 0.2) is 0 Å². The van der Waals surface area contributed by atoms with Crippen molar-refractivity contribution in [3.63, 3.8) is 0 Å². The zero-order valence-corrected chi connectivity index (χ0v) is 13.5. The lowest BCUT2D eigenvalue weighted by atomic mass is 10.2. The van der Waals surface area contributed by atoms with Gasteiger partial charge < -0.3 is 9.32 Å². The van der Waals surface area contributed by atoms with Crippen LogP contribution in [0.15, 0.2) is 71.3 Å². The highest BCUT2D eigenvalue weighted by molar-refractivity contribution is 5.73. The quantitative estimate of drug-likeness (QED) is 0.558. The Morgan fingerprint density at radius 2 is 1.83 bits per heavy atom. The van der Waals surface area contributed by atoms with Gasteiger partial charge in [0.05, 0.1) is 18.3 Å². The lowest BCUT2D eigenvalue weighted by molar-refractivity contribution is 0.481. The van der Waals surface area contributed by atoms with Gasteiger partial charge in [-0.15, -0.1) is 5.10 Å². The smallest absolute Gasteiger partial charge is 0.123 e. The summed E-state index contributed by atoms with van der Waals surface area (Å²) in [6.45, 7) is 3.36. The van der Waals surface area contributed by atoms with E-state index in [0.717, 1.165) is 22.5 Å². The number of furan rings is 1. The van der Waals surface area contributed by atoms with Gasteiger partial charge in [-0.2, -0.15) is 0 Å². The molecule has 0 N–H and O–H groups in total. The van der Waals surface area contributed by atoms with Crippen LogP contribution in [0.3, 0.4) is 0 Å². The lowest BCUT2D eigenvalue weighted by Crippen LogP contribution is -2.26. The molecule has 2 heterocycles. The Kier molecular flexibility index (Phi) is 3.75. The second-order valence-electron chi connectivity index (χ2n) is 5.83. The molecule has 0 unspecified atom stereocenters. The van der Waals surface area contributed by atoms with Crippen molar-refractivity contribution in [1.29, 1.82) is 0 Å². The van der Waals surface area contributed by atoms with Crippen molar-refractivity contribution in [2.75, 3.05) is 4.90 Å². The van der Waals surface area contributed by atoms with Crippen LogP contribution in [0.5, 0.6) is 0 Å². The first kappa shape index (κ1) is 14.5. The number of anilines is 1. The molecule has 2 aromatic heterocycles. The second kappa shape index (κ2) is 6.20. The maximum atomic E-state index is 5.53. The average molecular weight is 318 g/mol. The molecule has 4 rings (SSSR count). The Morgan fingerprint density at radius 1 is 1.00 bits per heavy atom. The van der Waals surface area contributed by atoms with Crippen molar-refractivity contribution in [2.24, 2.45) is 0 Å². The molecule has 24 heavy (non-hydrogen) atoms. The number of rotatable bonds is 5. The predicted octanol–water partition coefficient (Wildman–Crippen LogP) is 4.00. The van der Waals surface area contributed by atoms with Crippen LogP contribution in [-0.2, 0) is 13.2 Å². The maximum Gasteiger partial charge on any atom is 0.123 e. The molecular formula is C19H18N4O. The Bertz CT molecular complexity index is 926. The monoisotopic (exact) mass is 318 g/mol. The lowest BCUT2D eigenvalue weighted by Gasteiger charge is -2.24. The van der Waals surface area contributed by atoms with Gasteiger partial charge in [0.2, 0.25) is 0 Å². The summed E-state index contributed by atoms with van der Waals surface area (Å²) in [4.78, 5) is 2.22. The van der Waals surface area contributed by atoms with Crippen molar-refractivity contribution in [3.8, 4) is 0 Å². The minimum Gasteiger partial charge on any atom is -0.467 e. The molecule has 0 spiro atoms. The largest absolute Gasteiger partial charge is 0.467 e. The van der Waals surface area contributed by atoms with Crippen molar-refractivity contribution in [2.45, 2.75) is 20.1 Å². The summed E-state index contributed by atoms with van der Waals surface area (Å²) in [6.07, 6.45) is 1.70. The molecule has 2 aromatic carbocycles. The fourth-order valence-electron chi connectivity index (χ4n) is 2.75. The normalized spacial score (nSPS) is 11.0. The van der Waals surface area contributed by atoms with E-state index in [0.29, 0.717) is 13.2 Å². The molecule has 0 aliphatic heterocycles. The van der Waals surface area contributed by atoms with Crippen LogP contribution >= 0.6 is 0 Å². The number of hydrogen-bond donors (Lipinski definition) is 0. The standard InChI is InChI=1S/C19H18N4O/c1-15-8-10-16(11-9-15)22(13-17-5-4-12-24-17)14-23-19-7-3-2-6-18(19)20-21-23/h2-12H,13-14H2,1H3. The molecule has 0 aliphatic rings. The molecule has 0 aliphatic carbocycles. The SMILES string of the molecule is Cc1ccc(N(Cc2ccco2)Cn2nnc3ccccc32)cc1. The maximum absolute atomic E-state index is 5.53. The minimum atomic E-state index is 0.601. The van der Waals surface area contributed by atoms with E-state index < -0.39 is 0 Å². The minimum absolute atomic E-state index is 0.601. The van der Waals surface area contributed by atoms with E-state index in [1.54, 1.807) is 6.26 Å². The first-order chi connectivity index (χ1) is 11.8. The number of nitrogens with zero attached hydrogens (tertiary/aromatic N) is 4. The van der Waals surface area contributed by atoms with Crippen molar-refractivity contribution >= 4 is 16.7 Å². The van der Waals surface area contributed by atoms with Crippen LogP contribution in [0.4, 0.5) is 5.69 Å². The van der Waals surface area contributed by atoms with E-state index in [-0.39, 0.29) is 0 Å². The summed E-state index contributed by atoms with van der Waals surface area (Å²) in [6, 6.07) is 20.4. The van der Waals surface area contributed by atoms with Gasteiger partial charge in [-0.3, -0.25) is 0 Å². The van der Waals surface area contributed by atoms with Crippen molar-refractivity contribution < 1.29 is 4.42 Å². The van der Waals surface area contributed by atoms with Crippen LogP contribution in [0, 0.1) is 6.92 Å². The number of para-hydroxylation sites is 1. The molecule has 4 aromatic rings. The molecule has 0 saturated carbocycles. The molecular weight excluding hydrogens is 300 g/mol. The Hall–Kier alpha value is -3.08. The number of aromatic nitrogens is 3. The first-order valence-electron chi connectivity index (χ1n) is 7.92. The average Bonchev–Trinajstić information content (AvgIpc) is 3.25. The Labute approximate surface area is 140 Å². The second-order valence-corrected chi connectivity index (χ2v) is 5.83. The van der Waals surface area contributed by atoms with Crippen LogP contribution in [0.2, 0.25) is 0 Å². The highest BCUT2D eigenvalue weighted by Gasteiger charge is 2.12. The fraction of sp³-hybridized carbons (Fsp3) is 0.158. The topological polar surface area (TPSA) is 47.1 Å². The van der Waals surface area contributed by atoms with E-state index in [1.165, 1.54) is 5.56 Å². The molecule has 0 fully saturated rings. The summed E-state index contributed by atoms with van der Waals surface area (Å²) in [5.74, 6) is 0.917. The van der Waals surface area contributed by atoms with Crippen LogP contribution in [0.25, 0.3) is 11.0 Å². The number of fused-ring (bicyclic) bond motifs is 1. The van der Waals surface area contributed by atoms with E-state index in [9.17, 15) is 0 Å². The van der Waals surface area contributed by atoms with Gasteiger partial charge in [0.1, 0.15) is 17.9 Å². The number of aryl methyl sites for hydroxylation is 1. The molecule has 120 valence electrons. The zero-order valence-electron chi connectivity index (χ0n) is 13.5. The van der Waals surface area contributed by atoms with Gasteiger partial charge in [-0.25, -0.2) is 4.68 Å². The van der Waals surface area contributed by atoms with E-state index in [1.807, 2.05) is 41.1 Å². The molecule has 0 saturated heterocycles. The molecule has 0 bridgehead atoms. The highest BCUT2D eigenvalue weighted by Crippen LogP contribution is 2.20. The third-order valence-electron chi connectivity index (χ3n) is 4.05. The van der Waals surface area contributed by atoms with Gasteiger partial charge in [0.25, 0.3) is 0 Å². The highest BCUT2D eigenvalue weighted by atomic mass is 16.3. The summed E-state index contributed by atoms with van der Waals surface area (Å²) >= 11 is 0. The third kappa shape index (κ3) is 2.88. The summed E-state index contributed by atoms with van der Waals surface area (Å²) < 4.78 is 7.44. The van der Waals surface area contributed by atoms with Crippen molar-refractivity contribution in [3.05, 3.63) is 78.3 Å². The molecule has 0 amide bonds. The number of benzene rings is 2. The van der Waals surface area contributed by atoms with Crippen LogP contribution in [-0.4, -0.2) is 15.0 Å². The number of hydrogen-bond acceptors (Lipinski definition) is 4. The summed E-state index contributed by atoms with van der Waals surface area (Å²) in [7, 11) is 0. The van der Waals surface area contributed by atoms with Crippen LogP contribution in [0.1, 0.15) is 11.3 Å².